The predicted molar refractivity (Wildman–Crippen MR) is 96.2 cm³/mol. The van der Waals surface area contributed by atoms with Crippen molar-refractivity contribution >= 4 is 28.3 Å². The second-order valence-corrected chi connectivity index (χ2v) is 7.06. The second-order valence-electron chi connectivity index (χ2n) is 5.98. The molecule has 2 N–H and O–H groups in total. The van der Waals surface area contributed by atoms with Gasteiger partial charge in [-0.25, -0.2) is 9.78 Å². The minimum atomic E-state index is -0.516. The van der Waals surface area contributed by atoms with Crippen LogP contribution in [-0.4, -0.2) is 34.2 Å². The number of aromatic amines is 1. The molecule has 0 aliphatic carbocycles. The van der Waals surface area contributed by atoms with E-state index in [1.165, 1.54) is 24.7 Å². The van der Waals surface area contributed by atoms with Gasteiger partial charge in [-0.2, -0.15) is 5.10 Å². The van der Waals surface area contributed by atoms with Crippen molar-refractivity contribution in [2.75, 3.05) is 12.4 Å². The maximum absolute atomic E-state index is 12.4. The smallest absolute Gasteiger partial charge is 0.357 e. The van der Waals surface area contributed by atoms with Crippen LogP contribution < -0.4 is 5.32 Å². The number of hydrogen-bond donors (Lipinski definition) is 2. The van der Waals surface area contributed by atoms with Gasteiger partial charge in [0, 0.05) is 10.9 Å². The van der Waals surface area contributed by atoms with Crippen LogP contribution in [0, 0.1) is 5.92 Å². The number of thiazole rings is 1. The van der Waals surface area contributed by atoms with Crippen LogP contribution >= 0.6 is 11.3 Å². The summed E-state index contributed by atoms with van der Waals surface area (Å²) in [6, 6.07) is 5.09. The summed E-state index contributed by atoms with van der Waals surface area (Å²) in [5.74, 6) is -0.0276. The molecule has 0 aliphatic heterocycles. The van der Waals surface area contributed by atoms with Crippen LogP contribution in [0.2, 0.25) is 0 Å². The van der Waals surface area contributed by atoms with Gasteiger partial charge < -0.3 is 9.15 Å². The van der Waals surface area contributed by atoms with Crippen LogP contribution in [0.3, 0.4) is 0 Å². The first kappa shape index (κ1) is 17.9. The molecule has 0 spiro atoms. The molecule has 3 heterocycles. The average Bonchev–Trinajstić information content (AvgIpc) is 3.33. The van der Waals surface area contributed by atoms with Crippen LogP contribution in [0.4, 0.5) is 5.13 Å². The number of anilines is 1. The zero-order chi connectivity index (χ0) is 18.7. The third kappa shape index (κ3) is 3.83. The van der Waals surface area contributed by atoms with Gasteiger partial charge in [0.25, 0.3) is 5.91 Å². The Bertz CT molecular complexity index is 911. The molecule has 8 nitrogen and oxygen atoms in total. The number of rotatable bonds is 6. The number of ether oxygens (including phenoxy) is 1. The lowest BCUT2D eigenvalue weighted by Crippen LogP contribution is -2.12. The van der Waals surface area contributed by atoms with E-state index >= 15 is 0 Å². The summed E-state index contributed by atoms with van der Waals surface area (Å²) < 4.78 is 10.0. The average molecular weight is 374 g/mol. The number of carbonyl (C=O) groups excluding carboxylic acids is 2. The number of methoxy groups -OCH3 is 1. The Morgan fingerprint density at radius 3 is 2.88 bits per heavy atom. The predicted octanol–water partition coefficient (Wildman–Crippen LogP) is 3.36. The van der Waals surface area contributed by atoms with Crippen molar-refractivity contribution in [3.63, 3.8) is 0 Å². The van der Waals surface area contributed by atoms with E-state index in [2.05, 4.69) is 20.5 Å². The van der Waals surface area contributed by atoms with E-state index in [1.54, 1.807) is 18.2 Å². The fourth-order valence-corrected chi connectivity index (χ4v) is 3.48. The molecule has 0 unspecified atom stereocenters. The van der Waals surface area contributed by atoms with Crippen molar-refractivity contribution in [1.82, 2.24) is 15.2 Å². The number of aromatic nitrogens is 3. The van der Waals surface area contributed by atoms with E-state index in [1.807, 2.05) is 13.8 Å². The second kappa shape index (κ2) is 7.52. The monoisotopic (exact) mass is 374 g/mol. The van der Waals surface area contributed by atoms with Crippen molar-refractivity contribution in [2.45, 2.75) is 20.3 Å². The lowest BCUT2D eigenvalue weighted by atomic mass is 10.1. The topological polar surface area (TPSA) is 110 Å². The van der Waals surface area contributed by atoms with Crippen molar-refractivity contribution in [2.24, 2.45) is 5.92 Å². The third-order valence-electron chi connectivity index (χ3n) is 3.49. The highest BCUT2D eigenvalue weighted by Crippen LogP contribution is 2.27. The molecule has 0 aliphatic rings. The molecule has 9 heteroatoms. The molecule has 26 heavy (non-hydrogen) atoms. The highest BCUT2D eigenvalue weighted by molar-refractivity contribution is 7.16. The van der Waals surface area contributed by atoms with Gasteiger partial charge in [0.1, 0.15) is 5.69 Å². The fourth-order valence-electron chi connectivity index (χ4n) is 2.33. The van der Waals surface area contributed by atoms with Gasteiger partial charge in [-0.3, -0.25) is 15.2 Å². The van der Waals surface area contributed by atoms with Gasteiger partial charge in [-0.1, -0.05) is 13.8 Å². The summed E-state index contributed by atoms with van der Waals surface area (Å²) >= 11 is 1.26. The maximum atomic E-state index is 12.4. The first-order chi connectivity index (χ1) is 12.5. The van der Waals surface area contributed by atoms with Gasteiger partial charge in [0.2, 0.25) is 0 Å². The van der Waals surface area contributed by atoms with Crippen LogP contribution in [0.15, 0.2) is 28.9 Å². The lowest BCUT2D eigenvalue weighted by Gasteiger charge is -2.02. The third-order valence-corrected chi connectivity index (χ3v) is 4.48. The molecule has 136 valence electrons. The molecule has 0 aromatic carbocycles. The summed E-state index contributed by atoms with van der Waals surface area (Å²) in [4.78, 5) is 29.3. The Balaban J connectivity index is 1.79. The molecule has 0 fully saturated rings. The van der Waals surface area contributed by atoms with Gasteiger partial charge >= 0.3 is 5.97 Å². The molecule has 0 bridgehead atoms. The number of esters is 1. The molecule has 3 rings (SSSR count). The SMILES string of the molecule is COC(=O)c1nc(NC(=O)c2cc(-c3ccco3)[nH]n2)sc1CC(C)C. The number of nitrogens with zero attached hydrogens (tertiary/aromatic N) is 2. The normalized spacial score (nSPS) is 10.9. The largest absolute Gasteiger partial charge is 0.464 e. The lowest BCUT2D eigenvalue weighted by molar-refractivity contribution is 0.0593. The first-order valence-corrected chi connectivity index (χ1v) is 8.78. The van der Waals surface area contributed by atoms with Crippen LogP contribution in [-0.2, 0) is 11.2 Å². The summed E-state index contributed by atoms with van der Waals surface area (Å²) in [6.07, 6.45) is 2.21. The van der Waals surface area contributed by atoms with Crippen LogP contribution in [0.5, 0.6) is 0 Å². The van der Waals surface area contributed by atoms with Crippen LogP contribution in [0.25, 0.3) is 11.5 Å². The molecular weight excluding hydrogens is 356 g/mol. The number of H-pyrrole nitrogens is 1. The Hall–Kier alpha value is -2.94. The molecule has 0 saturated heterocycles. The van der Waals surface area contributed by atoms with Gasteiger partial charge in [0.05, 0.1) is 13.4 Å². The molecule has 3 aromatic heterocycles. The minimum Gasteiger partial charge on any atom is -0.464 e. The zero-order valence-electron chi connectivity index (χ0n) is 14.5. The van der Waals surface area contributed by atoms with E-state index in [0.717, 1.165) is 4.88 Å². The van der Waals surface area contributed by atoms with Crippen molar-refractivity contribution < 1.29 is 18.7 Å². The number of carbonyl (C=O) groups is 2. The number of furan rings is 1. The number of hydrogen-bond acceptors (Lipinski definition) is 7. The van der Waals surface area contributed by atoms with Gasteiger partial charge in [-0.15, -0.1) is 11.3 Å². The zero-order valence-corrected chi connectivity index (χ0v) is 15.3. The summed E-state index contributed by atoms with van der Waals surface area (Å²) in [5.41, 5.74) is 1.02. The van der Waals surface area contributed by atoms with Gasteiger partial charge in [0.15, 0.2) is 22.3 Å². The quantitative estimate of drug-likeness (QED) is 0.640. The Morgan fingerprint density at radius 2 is 2.23 bits per heavy atom. The van der Waals surface area contributed by atoms with Gasteiger partial charge in [-0.05, 0) is 24.5 Å². The molecular formula is C17H18N4O4S. The van der Waals surface area contributed by atoms with Crippen molar-refractivity contribution in [1.29, 1.82) is 0 Å². The number of amides is 1. The highest BCUT2D eigenvalue weighted by Gasteiger charge is 2.21. The Kier molecular flexibility index (Phi) is 5.17. The maximum Gasteiger partial charge on any atom is 0.357 e. The Morgan fingerprint density at radius 1 is 1.42 bits per heavy atom. The van der Waals surface area contributed by atoms with Crippen molar-refractivity contribution in [3.05, 3.63) is 40.7 Å². The molecule has 1 amide bonds. The van der Waals surface area contributed by atoms with E-state index < -0.39 is 11.9 Å². The van der Waals surface area contributed by atoms with E-state index in [0.29, 0.717) is 28.9 Å². The Labute approximate surface area is 153 Å². The summed E-state index contributed by atoms with van der Waals surface area (Å²) in [6.45, 7) is 4.08. The first-order valence-electron chi connectivity index (χ1n) is 7.96. The molecule has 3 aromatic rings. The molecule has 0 atom stereocenters. The molecule has 0 saturated carbocycles. The number of nitrogens with one attached hydrogen (secondary N) is 2. The van der Waals surface area contributed by atoms with E-state index in [4.69, 9.17) is 9.15 Å². The summed E-state index contributed by atoms with van der Waals surface area (Å²) in [7, 11) is 1.30. The molecule has 0 radical (unpaired) electrons. The van der Waals surface area contributed by atoms with Crippen LogP contribution in [0.1, 0.15) is 39.7 Å². The fraction of sp³-hybridized carbons (Fsp3) is 0.294. The van der Waals surface area contributed by atoms with Crippen molar-refractivity contribution in [3.8, 4) is 11.5 Å². The minimum absolute atomic E-state index is 0.191. The summed E-state index contributed by atoms with van der Waals surface area (Å²) in [5, 5.41) is 9.74. The highest BCUT2D eigenvalue weighted by atomic mass is 32.1. The van der Waals surface area contributed by atoms with E-state index in [-0.39, 0.29) is 11.4 Å². The standard InChI is InChI=1S/C17H18N4O4S/c1-9(2)7-13-14(16(23)24-3)18-17(26-13)19-15(22)11-8-10(20-21-11)12-5-4-6-25-12/h4-6,8-9H,7H2,1-3H3,(H,20,21)(H,18,19,22). The van der Waals surface area contributed by atoms with E-state index in [9.17, 15) is 9.59 Å².